The van der Waals surface area contributed by atoms with Crippen molar-refractivity contribution >= 4 is 10.9 Å². The van der Waals surface area contributed by atoms with E-state index in [1.54, 1.807) is 31.4 Å². The monoisotopic (exact) mass is 278 g/mol. The lowest BCUT2D eigenvalue weighted by molar-refractivity contribution is 0.137. The minimum Gasteiger partial charge on any atom is -0.390 e. The van der Waals surface area contributed by atoms with Crippen LogP contribution in [-0.4, -0.2) is 53.0 Å². The summed E-state index contributed by atoms with van der Waals surface area (Å²) in [5, 5.41) is 21.2. The van der Waals surface area contributed by atoms with E-state index in [1.807, 2.05) is 0 Å². The normalized spacial score (nSPS) is 12.7. The second kappa shape index (κ2) is 7.09. The summed E-state index contributed by atoms with van der Waals surface area (Å²) in [4.78, 5) is 12.1. The summed E-state index contributed by atoms with van der Waals surface area (Å²) in [5.74, 6) is 0. The summed E-state index contributed by atoms with van der Waals surface area (Å²) in [6, 6.07) is 7.01. The molecule has 1 aromatic carbocycles. The summed E-state index contributed by atoms with van der Waals surface area (Å²) < 4.78 is 6.07. The van der Waals surface area contributed by atoms with Gasteiger partial charge in [-0.1, -0.05) is 17.3 Å². The molecule has 0 bridgehead atoms. The average molecular weight is 278 g/mol. The Morgan fingerprint density at radius 1 is 1.45 bits per heavy atom. The predicted octanol–water partition coefficient (Wildman–Crippen LogP) is -0.612. The first kappa shape index (κ1) is 14.6. The van der Waals surface area contributed by atoms with Gasteiger partial charge >= 0.3 is 0 Å². The van der Waals surface area contributed by atoms with E-state index in [-0.39, 0.29) is 12.1 Å². The first-order valence-corrected chi connectivity index (χ1v) is 6.42. The first-order chi connectivity index (χ1) is 9.72. The highest BCUT2D eigenvalue weighted by Crippen LogP contribution is 2.03. The van der Waals surface area contributed by atoms with E-state index in [4.69, 9.17) is 4.74 Å². The molecule has 0 fully saturated rings. The van der Waals surface area contributed by atoms with E-state index >= 15 is 0 Å². The molecular weight excluding hydrogens is 260 g/mol. The number of aliphatic hydroxyl groups is 1. The van der Waals surface area contributed by atoms with Crippen LogP contribution in [0.5, 0.6) is 0 Å². The zero-order valence-electron chi connectivity index (χ0n) is 11.3. The van der Waals surface area contributed by atoms with Crippen molar-refractivity contribution < 1.29 is 9.84 Å². The molecule has 0 aliphatic rings. The number of nitrogens with zero attached hydrogens (tertiary/aromatic N) is 3. The van der Waals surface area contributed by atoms with Crippen molar-refractivity contribution in [2.45, 2.75) is 12.6 Å². The largest absolute Gasteiger partial charge is 0.390 e. The molecule has 7 nitrogen and oxygen atoms in total. The maximum atomic E-state index is 12.1. The molecule has 2 aromatic rings. The molecule has 0 aliphatic carbocycles. The number of methoxy groups -OCH3 is 1. The van der Waals surface area contributed by atoms with Gasteiger partial charge in [0.05, 0.1) is 24.6 Å². The highest BCUT2D eigenvalue weighted by Gasteiger charge is 2.09. The van der Waals surface area contributed by atoms with Crippen LogP contribution >= 0.6 is 0 Å². The number of hydrogen-bond acceptors (Lipinski definition) is 6. The number of aromatic nitrogens is 3. The molecular formula is C13H18N4O3. The molecule has 1 aromatic heterocycles. The van der Waals surface area contributed by atoms with Crippen LogP contribution in [0, 0.1) is 0 Å². The third kappa shape index (κ3) is 3.60. The molecule has 2 N–H and O–H groups in total. The Kier molecular flexibility index (Phi) is 5.16. The molecule has 108 valence electrons. The van der Waals surface area contributed by atoms with Crippen LogP contribution in [0.2, 0.25) is 0 Å². The van der Waals surface area contributed by atoms with Crippen molar-refractivity contribution in [1.82, 2.24) is 20.3 Å². The molecule has 7 heteroatoms. The lowest BCUT2D eigenvalue weighted by Crippen LogP contribution is -2.36. The molecule has 0 saturated carbocycles. The van der Waals surface area contributed by atoms with Gasteiger partial charge in [0.1, 0.15) is 5.52 Å². The molecule has 0 amide bonds. The summed E-state index contributed by atoms with van der Waals surface area (Å²) in [7, 11) is 1.61. The summed E-state index contributed by atoms with van der Waals surface area (Å²) in [6.45, 7) is 1.69. The lowest BCUT2D eigenvalue weighted by atomic mass is 10.2. The Hall–Kier alpha value is -1.83. The molecule has 1 heterocycles. The molecule has 2 rings (SSSR count). The zero-order valence-corrected chi connectivity index (χ0v) is 11.3. The summed E-state index contributed by atoms with van der Waals surface area (Å²) >= 11 is 0. The number of nitrogens with one attached hydrogen (secondary N) is 1. The number of rotatable bonds is 7. The van der Waals surface area contributed by atoms with Gasteiger partial charge in [-0.05, 0) is 12.1 Å². The quantitative estimate of drug-likeness (QED) is 0.657. The fraction of sp³-hybridized carbons (Fsp3) is 0.462. The number of hydrogen-bond donors (Lipinski definition) is 2. The van der Waals surface area contributed by atoms with Gasteiger partial charge in [-0.15, -0.1) is 5.10 Å². The Morgan fingerprint density at radius 3 is 3.05 bits per heavy atom. The number of ether oxygens (including phenoxy) is 1. The van der Waals surface area contributed by atoms with E-state index in [0.717, 1.165) is 0 Å². The van der Waals surface area contributed by atoms with Gasteiger partial charge in [0.25, 0.3) is 5.56 Å². The molecule has 1 unspecified atom stereocenters. The van der Waals surface area contributed by atoms with Crippen LogP contribution in [0.15, 0.2) is 29.1 Å². The van der Waals surface area contributed by atoms with Gasteiger partial charge in [0, 0.05) is 20.2 Å². The van der Waals surface area contributed by atoms with Crippen molar-refractivity contribution in [2.24, 2.45) is 0 Å². The molecule has 0 aliphatic heterocycles. The van der Waals surface area contributed by atoms with E-state index in [1.165, 1.54) is 4.68 Å². The maximum Gasteiger partial charge on any atom is 0.277 e. The van der Waals surface area contributed by atoms with Crippen LogP contribution in [-0.2, 0) is 11.3 Å². The molecule has 20 heavy (non-hydrogen) atoms. The van der Waals surface area contributed by atoms with Crippen LogP contribution in [0.1, 0.15) is 0 Å². The van der Waals surface area contributed by atoms with Gasteiger partial charge in [0.15, 0.2) is 0 Å². The summed E-state index contributed by atoms with van der Waals surface area (Å²) in [6.07, 6.45) is -0.708. The topological polar surface area (TPSA) is 89.3 Å². The van der Waals surface area contributed by atoms with Crippen molar-refractivity contribution in [3.63, 3.8) is 0 Å². The Morgan fingerprint density at radius 2 is 2.25 bits per heavy atom. The van der Waals surface area contributed by atoms with Gasteiger partial charge in [0.2, 0.25) is 0 Å². The van der Waals surface area contributed by atoms with Crippen LogP contribution < -0.4 is 10.9 Å². The van der Waals surface area contributed by atoms with E-state index in [9.17, 15) is 9.90 Å². The predicted molar refractivity (Wildman–Crippen MR) is 74.6 cm³/mol. The number of aliphatic hydroxyl groups excluding tert-OH is 1. The standard InChI is InChI=1S/C13H18N4O3/c1-20-7-6-14-8-10(18)9-17-13(19)11-4-2-3-5-12(11)15-16-17/h2-5,10,14,18H,6-9H2,1H3. The van der Waals surface area contributed by atoms with E-state index in [2.05, 4.69) is 15.6 Å². The lowest BCUT2D eigenvalue weighted by Gasteiger charge is -2.12. The van der Waals surface area contributed by atoms with Gasteiger partial charge in [-0.3, -0.25) is 4.79 Å². The molecule has 0 saturated heterocycles. The zero-order chi connectivity index (χ0) is 14.4. The van der Waals surface area contributed by atoms with Crippen LogP contribution in [0.3, 0.4) is 0 Å². The van der Waals surface area contributed by atoms with Gasteiger partial charge < -0.3 is 15.2 Å². The first-order valence-electron chi connectivity index (χ1n) is 6.42. The third-order valence-electron chi connectivity index (χ3n) is 2.88. The second-order valence-electron chi connectivity index (χ2n) is 4.44. The molecule has 0 radical (unpaired) electrons. The van der Waals surface area contributed by atoms with Crippen LogP contribution in [0.4, 0.5) is 0 Å². The van der Waals surface area contributed by atoms with Crippen molar-refractivity contribution in [2.75, 3.05) is 26.8 Å². The van der Waals surface area contributed by atoms with E-state index in [0.29, 0.717) is 30.6 Å². The van der Waals surface area contributed by atoms with Crippen molar-refractivity contribution in [3.05, 3.63) is 34.6 Å². The Balaban J connectivity index is 2.02. The average Bonchev–Trinajstić information content (AvgIpc) is 2.47. The maximum absolute atomic E-state index is 12.1. The van der Waals surface area contributed by atoms with E-state index < -0.39 is 6.10 Å². The molecule has 0 spiro atoms. The molecule has 1 atom stereocenters. The van der Waals surface area contributed by atoms with Gasteiger partial charge in [-0.2, -0.15) is 0 Å². The van der Waals surface area contributed by atoms with Crippen molar-refractivity contribution in [1.29, 1.82) is 0 Å². The van der Waals surface area contributed by atoms with Crippen molar-refractivity contribution in [3.8, 4) is 0 Å². The summed E-state index contributed by atoms with van der Waals surface area (Å²) in [5.41, 5.74) is 0.313. The fourth-order valence-corrected chi connectivity index (χ4v) is 1.85. The minimum atomic E-state index is -0.708. The third-order valence-corrected chi connectivity index (χ3v) is 2.88. The number of benzene rings is 1. The fourth-order valence-electron chi connectivity index (χ4n) is 1.85. The van der Waals surface area contributed by atoms with Gasteiger partial charge in [-0.25, -0.2) is 4.68 Å². The van der Waals surface area contributed by atoms with Crippen LogP contribution in [0.25, 0.3) is 10.9 Å². The smallest absolute Gasteiger partial charge is 0.277 e. The minimum absolute atomic E-state index is 0.108. The second-order valence-corrected chi connectivity index (χ2v) is 4.44. The number of fused-ring (bicyclic) bond motifs is 1. The highest BCUT2D eigenvalue weighted by atomic mass is 16.5. The highest BCUT2D eigenvalue weighted by molar-refractivity contribution is 5.76. The Bertz CT molecular complexity index is 614. The Labute approximate surface area is 116 Å². The SMILES string of the molecule is COCCNCC(O)Cn1nnc2ccccc2c1=O.